The van der Waals surface area contributed by atoms with E-state index in [0.717, 1.165) is 0 Å². The highest BCUT2D eigenvalue weighted by atomic mass is 19.4. The van der Waals surface area contributed by atoms with Crippen LogP contribution in [0.1, 0.15) is 39.4 Å². The number of carbonyl (C=O) groups is 3. The number of Topliss-reactive ketones (excluding diaryl/α,β-unsaturated/α-hetero) is 1. The van der Waals surface area contributed by atoms with Crippen molar-refractivity contribution in [2.45, 2.75) is 24.9 Å². The van der Waals surface area contributed by atoms with E-state index in [9.17, 15) is 32.7 Å². The molecule has 3 unspecified atom stereocenters. The number of amides is 2. The average Bonchev–Trinajstić information content (AvgIpc) is 3.34. The Kier molecular flexibility index (Phi) is 6.59. The van der Waals surface area contributed by atoms with Crippen molar-refractivity contribution in [3.05, 3.63) is 83.6 Å². The van der Waals surface area contributed by atoms with Gasteiger partial charge in [0.1, 0.15) is 23.5 Å². The third-order valence-electron chi connectivity index (χ3n) is 5.76. The smallest absolute Gasteiger partial charge is 0.437 e. The number of alkyl halides is 3. The van der Waals surface area contributed by atoms with Crippen molar-refractivity contribution in [3.63, 3.8) is 0 Å². The number of hydrogen-bond donors (Lipinski definition) is 3. The largest absolute Gasteiger partial charge is 0.462 e. The van der Waals surface area contributed by atoms with E-state index in [1.807, 2.05) is 0 Å². The summed E-state index contributed by atoms with van der Waals surface area (Å²) in [7, 11) is 0. The Balaban J connectivity index is 1.72. The lowest BCUT2D eigenvalue weighted by molar-refractivity contribution is -0.288. The second-order valence-electron chi connectivity index (χ2n) is 8.05. The van der Waals surface area contributed by atoms with Gasteiger partial charge in [-0.1, -0.05) is 42.5 Å². The van der Waals surface area contributed by atoms with Crippen molar-refractivity contribution in [2.24, 2.45) is 5.92 Å². The number of urea groups is 1. The number of ether oxygens (including phenoxy) is 1. The van der Waals surface area contributed by atoms with E-state index in [2.05, 4.69) is 5.32 Å². The predicted octanol–water partition coefficient (Wildman–Crippen LogP) is 4.23. The maximum absolute atomic E-state index is 14.0. The van der Waals surface area contributed by atoms with Gasteiger partial charge in [-0.15, -0.1) is 0 Å². The lowest BCUT2D eigenvalue weighted by Crippen LogP contribution is -2.72. The van der Waals surface area contributed by atoms with E-state index in [4.69, 9.17) is 9.15 Å². The summed E-state index contributed by atoms with van der Waals surface area (Å²) in [5, 5.41) is 14.4. The van der Waals surface area contributed by atoms with E-state index in [1.165, 1.54) is 53.8 Å². The van der Waals surface area contributed by atoms with Gasteiger partial charge >= 0.3 is 18.2 Å². The quantitative estimate of drug-likeness (QED) is 0.343. The number of furan rings is 1. The molecule has 1 aliphatic heterocycles. The van der Waals surface area contributed by atoms with Crippen molar-refractivity contribution in [3.8, 4) is 11.3 Å². The molecule has 1 fully saturated rings. The van der Waals surface area contributed by atoms with Gasteiger partial charge in [0.05, 0.1) is 12.2 Å². The lowest BCUT2D eigenvalue weighted by Gasteiger charge is -2.44. The van der Waals surface area contributed by atoms with Gasteiger partial charge in [-0.05, 0) is 31.2 Å². The molecule has 0 spiro atoms. The summed E-state index contributed by atoms with van der Waals surface area (Å²) < 4.78 is 52.8. The average molecular weight is 502 g/mol. The fourth-order valence-electron chi connectivity index (χ4n) is 4.02. The highest BCUT2D eigenvalue weighted by Gasteiger charge is 2.66. The van der Waals surface area contributed by atoms with E-state index >= 15 is 0 Å². The van der Waals surface area contributed by atoms with Gasteiger partial charge in [-0.3, -0.25) is 4.79 Å². The van der Waals surface area contributed by atoms with Gasteiger partial charge in [-0.25, -0.2) is 9.59 Å². The number of aliphatic hydroxyl groups is 1. The molecule has 188 valence electrons. The highest BCUT2D eigenvalue weighted by molar-refractivity contribution is 6.00. The summed E-state index contributed by atoms with van der Waals surface area (Å²) in [6.07, 6.45) is -5.38. The molecular weight excluding hydrogens is 481 g/mol. The molecule has 1 saturated heterocycles. The van der Waals surface area contributed by atoms with Crippen molar-refractivity contribution >= 4 is 17.8 Å². The molecule has 0 aliphatic carbocycles. The Morgan fingerprint density at radius 1 is 1.03 bits per heavy atom. The van der Waals surface area contributed by atoms with Crippen molar-refractivity contribution in [1.82, 2.24) is 10.6 Å². The number of halogens is 3. The van der Waals surface area contributed by atoms with Crippen molar-refractivity contribution < 1.29 is 41.8 Å². The Hall–Kier alpha value is -4.12. The normalized spacial score (nSPS) is 21.9. The minimum Gasteiger partial charge on any atom is -0.462 e. The van der Waals surface area contributed by atoms with Gasteiger partial charge in [0.25, 0.3) is 0 Å². The maximum atomic E-state index is 14.0. The van der Waals surface area contributed by atoms with E-state index in [-0.39, 0.29) is 23.7 Å². The number of hydrogen-bond acceptors (Lipinski definition) is 6. The number of benzene rings is 2. The molecule has 0 saturated carbocycles. The predicted molar refractivity (Wildman–Crippen MR) is 120 cm³/mol. The molecule has 3 atom stereocenters. The topological polar surface area (TPSA) is 118 Å². The van der Waals surface area contributed by atoms with Crippen LogP contribution in [0.3, 0.4) is 0 Å². The summed E-state index contributed by atoms with van der Waals surface area (Å²) in [5.41, 5.74) is -3.18. The Morgan fingerprint density at radius 2 is 1.69 bits per heavy atom. The SMILES string of the molecule is CCOC(=O)c1ccc(-c2ccc(C3NC(=O)NC(O)(C(F)(F)F)C3C(=O)c3ccccc3)o2)cc1. The first kappa shape index (κ1) is 25.0. The molecule has 2 aromatic carbocycles. The van der Waals surface area contributed by atoms with Gasteiger partial charge < -0.3 is 24.9 Å². The van der Waals surface area contributed by atoms with Crippen LogP contribution in [0.4, 0.5) is 18.0 Å². The van der Waals surface area contributed by atoms with Crippen LogP contribution in [0.25, 0.3) is 11.3 Å². The minimum atomic E-state index is -5.38. The number of esters is 1. The molecule has 2 amide bonds. The van der Waals surface area contributed by atoms with Crippen LogP contribution in [0.2, 0.25) is 0 Å². The van der Waals surface area contributed by atoms with Gasteiger partial charge in [0.2, 0.25) is 5.72 Å². The van der Waals surface area contributed by atoms with Crippen LogP contribution >= 0.6 is 0 Å². The van der Waals surface area contributed by atoms with Crippen LogP contribution < -0.4 is 10.6 Å². The van der Waals surface area contributed by atoms with Crippen LogP contribution in [0.5, 0.6) is 0 Å². The fourth-order valence-corrected chi connectivity index (χ4v) is 4.02. The van der Waals surface area contributed by atoms with E-state index in [0.29, 0.717) is 11.1 Å². The zero-order valence-corrected chi connectivity index (χ0v) is 18.8. The number of rotatable bonds is 6. The first-order chi connectivity index (χ1) is 17.0. The molecular formula is C25H21F3N2O6. The van der Waals surface area contributed by atoms with Gasteiger partial charge in [-0.2, -0.15) is 13.2 Å². The molecule has 2 heterocycles. The Bertz CT molecular complexity index is 1270. The monoisotopic (exact) mass is 502 g/mol. The number of nitrogens with one attached hydrogen (secondary N) is 2. The summed E-state index contributed by atoms with van der Waals surface area (Å²) in [5.74, 6) is -3.75. The maximum Gasteiger partial charge on any atom is 0.437 e. The molecule has 11 heteroatoms. The van der Waals surface area contributed by atoms with Crippen LogP contribution in [0.15, 0.2) is 71.1 Å². The summed E-state index contributed by atoms with van der Waals surface area (Å²) >= 11 is 0. The zero-order valence-electron chi connectivity index (χ0n) is 18.8. The molecule has 4 rings (SSSR count). The first-order valence-corrected chi connectivity index (χ1v) is 10.9. The van der Waals surface area contributed by atoms with Gasteiger partial charge in [0, 0.05) is 11.1 Å². The molecule has 1 aromatic heterocycles. The summed E-state index contributed by atoms with van der Waals surface area (Å²) in [4.78, 5) is 37.3. The summed E-state index contributed by atoms with van der Waals surface area (Å²) in [6.45, 7) is 1.88. The summed E-state index contributed by atoms with van der Waals surface area (Å²) in [6, 6.07) is 13.0. The molecule has 36 heavy (non-hydrogen) atoms. The van der Waals surface area contributed by atoms with E-state index in [1.54, 1.807) is 25.1 Å². The standard InChI is InChI=1S/C25H21F3N2O6/c1-2-35-22(32)16-10-8-14(9-11-16)17-12-13-18(36-17)20-19(21(31)15-6-4-3-5-7-15)24(34,25(26,27)28)30-23(33)29-20/h3-13,19-20,34H,2H2,1H3,(H2,29,30,33). The van der Waals surface area contributed by atoms with Crippen LogP contribution in [-0.4, -0.2) is 41.4 Å². The Labute approximate surface area is 203 Å². The molecule has 3 N–H and O–H groups in total. The molecule has 3 aromatic rings. The minimum absolute atomic E-state index is 0.0885. The Morgan fingerprint density at radius 3 is 2.31 bits per heavy atom. The fraction of sp³-hybridized carbons (Fsp3) is 0.240. The van der Waals surface area contributed by atoms with Crippen LogP contribution in [0, 0.1) is 5.92 Å². The first-order valence-electron chi connectivity index (χ1n) is 10.9. The van der Waals surface area contributed by atoms with Crippen molar-refractivity contribution in [2.75, 3.05) is 6.61 Å². The third-order valence-corrected chi connectivity index (χ3v) is 5.76. The third kappa shape index (κ3) is 4.57. The number of ketones is 1. The molecule has 8 nitrogen and oxygen atoms in total. The number of carbonyl (C=O) groups excluding carboxylic acids is 3. The van der Waals surface area contributed by atoms with E-state index < -0.39 is 41.6 Å². The highest BCUT2D eigenvalue weighted by Crippen LogP contribution is 2.44. The molecule has 0 radical (unpaired) electrons. The van der Waals surface area contributed by atoms with Crippen LogP contribution in [-0.2, 0) is 4.74 Å². The second kappa shape index (κ2) is 9.50. The zero-order chi connectivity index (χ0) is 26.1. The molecule has 0 bridgehead atoms. The van der Waals surface area contributed by atoms with Gasteiger partial charge in [0.15, 0.2) is 5.78 Å². The lowest BCUT2D eigenvalue weighted by atomic mass is 9.79. The second-order valence-corrected chi connectivity index (χ2v) is 8.05. The van der Waals surface area contributed by atoms with Crippen molar-refractivity contribution in [1.29, 1.82) is 0 Å². The molecule has 1 aliphatic rings.